The topological polar surface area (TPSA) is 113 Å². The number of benzene rings is 1. The molecule has 3 aromatic rings. The van der Waals surface area contributed by atoms with E-state index in [1.165, 1.54) is 6.07 Å². The van der Waals surface area contributed by atoms with Crippen molar-refractivity contribution in [2.24, 2.45) is 0 Å². The molecule has 3 rings (SSSR count). The van der Waals surface area contributed by atoms with E-state index >= 15 is 0 Å². The molecule has 140 valence electrons. The van der Waals surface area contributed by atoms with E-state index in [2.05, 4.69) is 25.3 Å². The monoisotopic (exact) mass is 367 g/mol. The number of aromatic nitrogens is 4. The Balaban J connectivity index is 1.78. The van der Waals surface area contributed by atoms with Gasteiger partial charge in [-0.25, -0.2) is 9.97 Å². The number of methoxy groups -OCH3 is 1. The van der Waals surface area contributed by atoms with Crippen molar-refractivity contribution >= 4 is 5.95 Å². The predicted octanol–water partition coefficient (Wildman–Crippen LogP) is 1.68. The van der Waals surface area contributed by atoms with Crippen LogP contribution in [0.4, 0.5) is 5.95 Å². The lowest BCUT2D eigenvalue weighted by atomic mass is 10.1. The van der Waals surface area contributed by atoms with Gasteiger partial charge in [0.1, 0.15) is 11.6 Å². The summed E-state index contributed by atoms with van der Waals surface area (Å²) in [6.45, 7) is 3.99. The van der Waals surface area contributed by atoms with Gasteiger partial charge in [0.2, 0.25) is 5.95 Å². The molecule has 2 aromatic heterocycles. The van der Waals surface area contributed by atoms with Crippen molar-refractivity contribution in [1.82, 2.24) is 19.9 Å². The molecule has 0 unspecified atom stereocenters. The maximum absolute atomic E-state index is 12.2. The SMILES string of the molecule is COc1ccc(CNc2nc(Cc3c(C)nc(C)[nH]c3=O)cc(=O)[nH]2)cc1. The number of ether oxygens (including phenoxy) is 1. The van der Waals surface area contributed by atoms with Crippen LogP contribution in [0.25, 0.3) is 0 Å². The van der Waals surface area contributed by atoms with Crippen molar-refractivity contribution in [2.75, 3.05) is 12.4 Å². The van der Waals surface area contributed by atoms with Crippen LogP contribution in [0.1, 0.15) is 28.3 Å². The highest BCUT2D eigenvalue weighted by Crippen LogP contribution is 2.12. The molecule has 0 amide bonds. The lowest BCUT2D eigenvalue weighted by molar-refractivity contribution is 0.414. The van der Waals surface area contributed by atoms with Crippen LogP contribution in [-0.2, 0) is 13.0 Å². The van der Waals surface area contributed by atoms with Crippen LogP contribution in [0.15, 0.2) is 39.9 Å². The maximum atomic E-state index is 12.2. The van der Waals surface area contributed by atoms with Crippen molar-refractivity contribution in [1.29, 1.82) is 0 Å². The molecule has 8 heteroatoms. The number of anilines is 1. The summed E-state index contributed by atoms with van der Waals surface area (Å²) < 4.78 is 5.13. The summed E-state index contributed by atoms with van der Waals surface area (Å²) >= 11 is 0. The number of hydrogen-bond donors (Lipinski definition) is 3. The molecule has 0 bridgehead atoms. The standard InChI is InChI=1S/C19H21N5O3/c1-11-16(18(26)22-12(2)21-11)8-14-9-17(25)24-19(23-14)20-10-13-4-6-15(27-3)7-5-13/h4-7,9H,8,10H2,1-3H3,(H,21,22,26)(H2,20,23,24,25). The molecule has 27 heavy (non-hydrogen) atoms. The third-order valence-electron chi connectivity index (χ3n) is 4.11. The van der Waals surface area contributed by atoms with Crippen LogP contribution in [0.3, 0.4) is 0 Å². The fourth-order valence-corrected chi connectivity index (χ4v) is 2.75. The van der Waals surface area contributed by atoms with Crippen LogP contribution >= 0.6 is 0 Å². The van der Waals surface area contributed by atoms with Crippen LogP contribution in [-0.4, -0.2) is 27.0 Å². The zero-order valence-corrected chi connectivity index (χ0v) is 15.4. The van der Waals surface area contributed by atoms with Crippen molar-refractivity contribution in [3.63, 3.8) is 0 Å². The number of hydrogen-bond acceptors (Lipinski definition) is 6. The van der Waals surface area contributed by atoms with Gasteiger partial charge in [0, 0.05) is 30.3 Å². The fourth-order valence-electron chi connectivity index (χ4n) is 2.75. The molecule has 0 saturated carbocycles. The molecule has 0 aliphatic carbocycles. The highest BCUT2D eigenvalue weighted by Gasteiger charge is 2.10. The van der Waals surface area contributed by atoms with E-state index in [1.54, 1.807) is 21.0 Å². The Kier molecular flexibility index (Phi) is 5.35. The zero-order valence-electron chi connectivity index (χ0n) is 15.4. The number of rotatable bonds is 6. The number of aromatic amines is 2. The minimum absolute atomic E-state index is 0.213. The first-order valence-electron chi connectivity index (χ1n) is 8.48. The third-order valence-corrected chi connectivity index (χ3v) is 4.11. The summed E-state index contributed by atoms with van der Waals surface area (Å²) in [6, 6.07) is 8.97. The van der Waals surface area contributed by atoms with Crippen LogP contribution < -0.4 is 21.2 Å². The molecular formula is C19H21N5O3. The van der Waals surface area contributed by atoms with E-state index in [0.717, 1.165) is 11.3 Å². The zero-order chi connectivity index (χ0) is 19.4. The van der Waals surface area contributed by atoms with Gasteiger partial charge in [-0.05, 0) is 31.5 Å². The fraction of sp³-hybridized carbons (Fsp3) is 0.263. The van der Waals surface area contributed by atoms with Gasteiger partial charge in [-0.1, -0.05) is 12.1 Å². The Morgan fingerprint density at radius 3 is 2.48 bits per heavy atom. The van der Waals surface area contributed by atoms with Crippen molar-refractivity contribution in [3.8, 4) is 5.75 Å². The van der Waals surface area contributed by atoms with Crippen molar-refractivity contribution in [3.05, 3.63) is 79.4 Å². The van der Waals surface area contributed by atoms with E-state index in [1.807, 2.05) is 24.3 Å². The van der Waals surface area contributed by atoms with E-state index < -0.39 is 0 Å². The van der Waals surface area contributed by atoms with Gasteiger partial charge < -0.3 is 15.0 Å². The molecule has 0 radical (unpaired) electrons. The Labute approximate surface area is 155 Å². The second-order valence-electron chi connectivity index (χ2n) is 6.18. The molecule has 0 atom stereocenters. The van der Waals surface area contributed by atoms with Crippen LogP contribution in [0, 0.1) is 13.8 Å². The molecule has 0 spiro atoms. The maximum Gasteiger partial charge on any atom is 0.254 e. The molecule has 2 heterocycles. The summed E-state index contributed by atoms with van der Waals surface area (Å²) in [4.78, 5) is 38.1. The second-order valence-corrected chi connectivity index (χ2v) is 6.18. The molecule has 0 aliphatic heterocycles. The van der Waals surface area contributed by atoms with Gasteiger partial charge in [0.05, 0.1) is 12.8 Å². The van der Waals surface area contributed by atoms with Crippen molar-refractivity contribution < 1.29 is 4.74 Å². The lowest BCUT2D eigenvalue weighted by Gasteiger charge is -2.09. The lowest BCUT2D eigenvalue weighted by Crippen LogP contribution is -2.20. The van der Waals surface area contributed by atoms with Gasteiger partial charge in [-0.2, -0.15) is 0 Å². The molecule has 3 N–H and O–H groups in total. The van der Waals surface area contributed by atoms with Crippen LogP contribution in [0.2, 0.25) is 0 Å². The average Bonchev–Trinajstić information content (AvgIpc) is 2.63. The van der Waals surface area contributed by atoms with Gasteiger partial charge >= 0.3 is 0 Å². The molecule has 0 fully saturated rings. The van der Waals surface area contributed by atoms with Crippen molar-refractivity contribution in [2.45, 2.75) is 26.8 Å². The quantitative estimate of drug-likeness (QED) is 0.611. The van der Waals surface area contributed by atoms with E-state index in [4.69, 9.17) is 4.74 Å². The third kappa shape index (κ3) is 4.60. The summed E-state index contributed by atoms with van der Waals surface area (Å²) in [6.07, 6.45) is 0.232. The number of nitrogens with zero attached hydrogens (tertiary/aromatic N) is 2. The smallest absolute Gasteiger partial charge is 0.254 e. The minimum Gasteiger partial charge on any atom is -0.497 e. The summed E-state index contributed by atoms with van der Waals surface area (Å²) in [5.74, 6) is 1.68. The predicted molar refractivity (Wildman–Crippen MR) is 102 cm³/mol. The number of nitrogens with one attached hydrogen (secondary N) is 3. The van der Waals surface area contributed by atoms with E-state index in [0.29, 0.717) is 35.3 Å². The average molecular weight is 367 g/mol. The normalized spacial score (nSPS) is 10.6. The summed E-state index contributed by atoms with van der Waals surface area (Å²) in [5, 5.41) is 3.09. The highest BCUT2D eigenvalue weighted by molar-refractivity contribution is 5.33. The molecule has 1 aromatic carbocycles. The molecular weight excluding hydrogens is 346 g/mol. The Hall–Kier alpha value is -3.42. The number of aryl methyl sites for hydroxylation is 2. The first-order chi connectivity index (χ1) is 12.9. The minimum atomic E-state index is -0.286. The molecule has 0 aliphatic rings. The van der Waals surface area contributed by atoms with Gasteiger partial charge in [-0.3, -0.25) is 14.6 Å². The Morgan fingerprint density at radius 2 is 1.81 bits per heavy atom. The highest BCUT2D eigenvalue weighted by atomic mass is 16.5. The van der Waals surface area contributed by atoms with Gasteiger partial charge in [-0.15, -0.1) is 0 Å². The summed E-state index contributed by atoms with van der Waals surface area (Å²) in [7, 11) is 1.61. The second kappa shape index (κ2) is 7.86. The summed E-state index contributed by atoms with van der Waals surface area (Å²) in [5.41, 5.74) is 2.14. The molecule has 8 nitrogen and oxygen atoms in total. The van der Waals surface area contributed by atoms with E-state index in [-0.39, 0.29) is 17.5 Å². The molecule has 0 saturated heterocycles. The number of H-pyrrole nitrogens is 2. The Bertz CT molecular complexity index is 1050. The first-order valence-corrected chi connectivity index (χ1v) is 8.48. The van der Waals surface area contributed by atoms with Crippen LogP contribution in [0.5, 0.6) is 5.75 Å². The largest absolute Gasteiger partial charge is 0.497 e. The first kappa shape index (κ1) is 18.4. The van der Waals surface area contributed by atoms with E-state index in [9.17, 15) is 9.59 Å². The Morgan fingerprint density at radius 1 is 1.07 bits per heavy atom. The van der Waals surface area contributed by atoms with Gasteiger partial charge in [0.15, 0.2) is 0 Å². The van der Waals surface area contributed by atoms with Gasteiger partial charge in [0.25, 0.3) is 11.1 Å².